The molecule has 7 heteroatoms. The standard InChI is InChI=1S/C19H22N4O2S/c1-4-16(18(24)20-14-9-6-5-7-10-14)26-19-22-21-17(23(19)13(2)3)15-11-8-12-25-15/h5-13,16H,4H2,1-3H3,(H,20,24)/t16-/m1/s1. The fourth-order valence-corrected chi connectivity index (χ4v) is 3.68. The van der Waals surface area contributed by atoms with Crippen molar-refractivity contribution in [2.75, 3.05) is 5.32 Å². The fraction of sp³-hybridized carbons (Fsp3) is 0.316. The van der Waals surface area contributed by atoms with Crippen LogP contribution in [0.3, 0.4) is 0 Å². The van der Waals surface area contributed by atoms with Gasteiger partial charge in [0.05, 0.1) is 11.5 Å². The van der Waals surface area contributed by atoms with Crippen molar-refractivity contribution in [1.29, 1.82) is 0 Å². The highest BCUT2D eigenvalue weighted by Gasteiger charge is 2.24. The van der Waals surface area contributed by atoms with Gasteiger partial charge >= 0.3 is 0 Å². The molecule has 0 radical (unpaired) electrons. The number of hydrogen-bond donors (Lipinski definition) is 1. The Balaban J connectivity index is 1.81. The highest BCUT2D eigenvalue weighted by atomic mass is 32.2. The van der Waals surface area contributed by atoms with Gasteiger partial charge < -0.3 is 9.73 Å². The van der Waals surface area contributed by atoms with Crippen LogP contribution >= 0.6 is 11.8 Å². The van der Waals surface area contributed by atoms with E-state index in [-0.39, 0.29) is 17.2 Å². The van der Waals surface area contributed by atoms with Crippen molar-refractivity contribution < 1.29 is 9.21 Å². The molecule has 2 aromatic heterocycles. The largest absolute Gasteiger partial charge is 0.461 e. The zero-order chi connectivity index (χ0) is 18.5. The molecule has 0 bridgehead atoms. The van der Waals surface area contributed by atoms with Gasteiger partial charge in [-0.1, -0.05) is 36.9 Å². The van der Waals surface area contributed by atoms with Crippen molar-refractivity contribution in [3.63, 3.8) is 0 Å². The van der Waals surface area contributed by atoms with Gasteiger partial charge in [-0.3, -0.25) is 9.36 Å². The molecule has 1 atom stereocenters. The van der Waals surface area contributed by atoms with Crippen LogP contribution in [0.2, 0.25) is 0 Å². The second-order valence-corrected chi connectivity index (χ2v) is 7.29. The minimum absolute atomic E-state index is 0.0402. The molecule has 26 heavy (non-hydrogen) atoms. The average Bonchev–Trinajstić information content (AvgIpc) is 3.29. The first-order valence-electron chi connectivity index (χ1n) is 8.61. The Morgan fingerprint density at radius 2 is 1.96 bits per heavy atom. The number of carbonyl (C=O) groups is 1. The van der Waals surface area contributed by atoms with Gasteiger partial charge in [-0.15, -0.1) is 10.2 Å². The van der Waals surface area contributed by atoms with Crippen molar-refractivity contribution in [3.8, 4) is 11.6 Å². The predicted molar refractivity (Wildman–Crippen MR) is 103 cm³/mol. The molecule has 136 valence electrons. The first kappa shape index (κ1) is 18.3. The number of thioether (sulfide) groups is 1. The van der Waals surface area contributed by atoms with E-state index in [9.17, 15) is 4.79 Å². The second-order valence-electron chi connectivity index (χ2n) is 6.12. The molecule has 3 rings (SSSR count). The van der Waals surface area contributed by atoms with Crippen LogP contribution in [0.15, 0.2) is 58.3 Å². The Labute approximate surface area is 157 Å². The molecule has 1 N–H and O–H groups in total. The summed E-state index contributed by atoms with van der Waals surface area (Å²) in [4.78, 5) is 12.7. The van der Waals surface area contributed by atoms with Crippen LogP contribution in [-0.4, -0.2) is 25.9 Å². The molecule has 0 aliphatic carbocycles. The number of benzene rings is 1. The van der Waals surface area contributed by atoms with Crippen molar-refractivity contribution >= 4 is 23.4 Å². The van der Waals surface area contributed by atoms with E-state index in [4.69, 9.17) is 4.42 Å². The Morgan fingerprint density at radius 3 is 2.58 bits per heavy atom. The summed E-state index contributed by atoms with van der Waals surface area (Å²) in [7, 11) is 0. The highest BCUT2D eigenvalue weighted by molar-refractivity contribution is 8.00. The quantitative estimate of drug-likeness (QED) is 0.614. The van der Waals surface area contributed by atoms with Crippen LogP contribution in [0.5, 0.6) is 0 Å². The Hall–Kier alpha value is -2.54. The lowest BCUT2D eigenvalue weighted by Crippen LogP contribution is -2.25. The third-order valence-corrected chi connectivity index (χ3v) is 5.20. The maximum atomic E-state index is 12.7. The van der Waals surface area contributed by atoms with Crippen LogP contribution in [0.1, 0.15) is 33.2 Å². The van der Waals surface area contributed by atoms with Gasteiger partial charge in [0.15, 0.2) is 10.9 Å². The van der Waals surface area contributed by atoms with E-state index in [0.29, 0.717) is 23.2 Å². The molecule has 0 saturated carbocycles. The number of para-hydroxylation sites is 1. The van der Waals surface area contributed by atoms with E-state index in [1.54, 1.807) is 6.26 Å². The average molecular weight is 370 g/mol. The molecule has 1 aromatic carbocycles. The molecule has 0 aliphatic heterocycles. The van der Waals surface area contributed by atoms with E-state index >= 15 is 0 Å². The van der Waals surface area contributed by atoms with E-state index in [2.05, 4.69) is 29.4 Å². The molecule has 2 heterocycles. The van der Waals surface area contributed by atoms with Crippen molar-refractivity contribution in [3.05, 3.63) is 48.7 Å². The van der Waals surface area contributed by atoms with Crippen molar-refractivity contribution in [2.24, 2.45) is 0 Å². The first-order valence-corrected chi connectivity index (χ1v) is 9.49. The Kier molecular flexibility index (Phi) is 5.78. The van der Waals surface area contributed by atoms with E-state index in [1.165, 1.54) is 11.8 Å². The monoisotopic (exact) mass is 370 g/mol. The van der Waals surface area contributed by atoms with Crippen LogP contribution in [-0.2, 0) is 4.79 Å². The minimum atomic E-state index is -0.263. The molecule has 6 nitrogen and oxygen atoms in total. The summed E-state index contributed by atoms with van der Waals surface area (Å²) in [5, 5.41) is 12.0. The minimum Gasteiger partial charge on any atom is -0.461 e. The zero-order valence-corrected chi connectivity index (χ0v) is 15.9. The van der Waals surface area contributed by atoms with E-state index in [1.807, 2.05) is 54.0 Å². The van der Waals surface area contributed by atoms with Crippen molar-refractivity contribution in [1.82, 2.24) is 14.8 Å². The SMILES string of the molecule is CC[C@@H](Sc1nnc(-c2ccco2)n1C(C)C)C(=O)Nc1ccccc1. The number of hydrogen-bond acceptors (Lipinski definition) is 5. The predicted octanol–water partition coefficient (Wildman–Crippen LogP) is 4.63. The van der Waals surface area contributed by atoms with Gasteiger partial charge in [-0.25, -0.2) is 0 Å². The summed E-state index contributed by atoms with van der Waals surface area (Å²) in [5.41, 5.74) is 0.790. The zero-order valence-electron chi connectivity index (χ0n) is 15.0. The fourth-order valence-electron chi connectivity index (χ4n) is 2.59. The lowest BCUT2D eigenvalue weighted by molar-refractivity contribution is -0.115. The Bertz CT molecular complexity index is 844. The van der Waals surface area contributed by atoms with Gasteiger partial charge in [0.2, 0.25) is 11.7 Å². The van der Waals surface area contributed by atoms with Crippen LogP contribution in [0, 0.1) is 0 Å². The normalized spacial score (nSPS) is 12.3. The van der Waals surface area contributed by atoms with Gasteiger partial charge in [0.25, 0.3) is 0 Å². The first-order chi connectivity index (χ1) is 12.6. The maximum Gasteiger partial charge on any atom is 0.237 e. The lowest BCUT2D eigenvalue weighted by Gasteiger charge is -2.17. The number of nitrogens with zero attached hydrogens (tertiary/aromatic N) is 3. The number of rotatable bonds is 7. The molecular weight excluding hydrogens is 348 g/mol. The molecular formula is C19H22N4O2S. The van der Waals surface area contributed by atoms with Crippen LogP contribution < -0.4 is 5.32 Å². The number of anilines is 1. The van der Waals surface area contributed by atoms with Gasteiger partial charge in [0, 0.05) is 11.7 Å². The summed E-state index contributed by atoms with van der Waals surface area (Å²) in [6.45, 7) is 6.11. The van der Waals surface area contributed by atoms with Crippen LogP contribution in [0.25, 0.3) is 11.6 Å². The van der Waals surface area contributed by atoms with Gasteiger partial charge in [-0.2, -0.15) is 0 Å². The summed E-state index contributed by atoms with van der Waals surface area (Å²) in [5.74, 6) is 1.30. The molecule has 0 spiro atoms. The van der Waals surface area contributed by atoms with E-state index < -0.39 is 0 Å². The highest BCUT2D eigenvalue weighted by Crippen LogP contribution is 2.31. The molecule has 0 saturated heterocycles. The topological polar surface area (TPSA) is 73.0 Å². The third-order valence-electron chi connectivity index (χ3n) is 3.87. The molecule has 1 amide bonds. The Morgan fingerprint density at radius 1 is 1.19 bits per heavy atom. The number of carbonyl (C=O) groups excluding carboxylic acids is 1. The van der Waals surface area contributed by atoms with E-state index in [0.717, 1.165) is 5.69 Å². The van der Waals surface area contributed by atoms with Crippen LogP contribution in [0.4, 0.5) is 5.69 Å². The maximum absolute atomic E-state index is 12.7. The van der Waals surface area contributed by atoms with Crippen molar-refractivity contribution in [2.45, 2.75) is 43.6 Å². The molecule has 3 aromatic rings. The smallest absolute Gasteiger partial charge is 0.237 e. The summed E-state index contributed by atoms with van der Waals surface area (Å²) in [6.07, 6.45) is 2.30. The molecule has 0 fully saturated rings. The molecule has 0 aliphatic rings. The third kappa shape index (κ3) is 3.99. The lowest BCUT2D eigenvalue weighted by atomic mass is 10.3. The molecule has 0 unspecified atom stereocenters. The number of nitrogens with one attached hydrogen (secondary N) is 1. The number of aromatic nitrogens is 3. The number of amides is 1. The van der Waals surface area contributed by atoms with Gasteiger partial charge in [-0.05, 0) is 44.5 Å². The summed E-state index contributed by atoms with van der Waals surface area (Å²) >= 11 is 1.42. The van der Waals surface area contributed by atoms with Gasteiger partial charge in [0.1, 0.15) is 0 Å². The summed E-state index contributed by atoms with van der Waals surface area (Å²) in [6, 6.07) is 13.3. The summed E-state index contributed by atoms with van der Waals surface area (Å²) < 4.78 is 7.47. The second kappa shape index (κ2) is 8.23. The number of furan rings is 1.